The van der Waals surface area contributed by atoms with Crippen LogP contribution in [-0.2, 0) is 39.9 Å². The molecule has 1 saturated carbocycles. The van der Waals surface area contributed by atoms with E-state index in [0.717, 1.165) is 64.9 Å². The number of anilines is 1. The van der Waals surface area contributed by atoms with Gasteiger partial charge in [0, 0.05) is 42.5 Å². The number of benzene rings is 2. The molecule has 0 bridgehead atoms. The van der Waals surface area contributed by atoms with Gasteiger partial charge in [0.05, 0.1) is 16.5 Å². The molecule has 2 spiro atoms. The minimum Gasteiger partial charge on any atom is -0.326 e. The molecule has 4 heterocycles. The summed E-state index contributed by atoms with van der Waals surface area (Å²) >= 11 is 0. The summed E-state index contributed by atoms with van der Waals surface area (Å²) in [5, 5.41) is 3.89. The number of nitrogens with zero attached hydrogens (tertiary/aromatic N) is 4. The van der Waals surface area contributed by atoms with Crippen molar-refractivity contribution in [3.8, 4) is 0 Å². The highest BCUT2D eigenvalue weighted by atomic mass is 19.1. The average Bonchev–Trinajstić information content (AvgIpc) is 3.70. The van der Waals surface area contributed by atoms with Crippen LogP contribution in [0.5, 0.6) is 0 Å². The highest BCUT2D eigenvalue weighted by molar-refractivity contribution is 6.06. The predicted molar refractivity (Wildman–Crippen MR) is 162 cm³/mol. The van der Waals surface area contributed by atoms with E-state index in [4.69, 9.17) is 4.98 Å². The van der Waals surface area contributed by atoms with Gasteiger partial charge < -0.3 is 10.2 Å². The maximum Gasteiger partial charge on any atom is 0.244 e. The number of rotatable bonds is 3. The lowest BCUT2D eigenvalue weighted by Gasteiger charge is -2.56. The number of piperazine rings is 1. The molecule has 8 rings (SSSR count). The minimum absolute atomic E-state index is 0.00793. The van der Waals surface area contributed by atoms with E-state index in [-0.39, 0.29) is 18.4 Å². The second-order valence-corrected chi connectivity index (χ2v) is 13.4. The van der Waals surface area contributed by atoms with E-state index < -0.39 is 28.1 Å². The van der Waals surface area contributed by atoms with Gasteiger partial charge in [-0.05, 0) is 98.3 Å². The fourth-order valence-electron chi connectivity index (χ4n) is 8.47. The quantitative estimate of drug-likeness (QED) is 0.344. The first-order chi connectivity index (χ1) is 21.1. The number of nitrogens with one attached hydrogen (secondary N) is 1. The molecule has 44 heavy (non-hydrogen) atoms. The van der Waals surface area contributed by atoms with Crippen molar-refractivity contribution in [1.82, 2.24) is 19.8 Å². The summed E-state index contributed by atoms with van der Waals surface area (Å²) in [4.78, 5) is 40.8. The van der Waals surface area contributed by atoms with Gasteiger partial charge in [-0.2, -0.15) is 0 Å². The Hall–Kier alpha value is -4.24. The number of aromatic nitrogens is 2. The van der Waals surface area contributed by atoms with E-state index in [0.29, 0.717) is 30.8 Å². The van der Waals surface area contributed by atoms with E-state index in [2.05, 4.69) is 33.4 Å². The van der Waals surface area contributed by atoms with Gasteiger partial charge in [-0.25, -0.2) is 13.8 Å². The number of carbonyl (C=O) groups excluding carboxylic acids is 2. The standard InChI is InChI=1S/C35H33F2N5O2/c1-33(25-13-26(36)15-27(37)14-25)20-41(2)35(7-3-4-8-35)32(44)42(33)19-21-10-22-11-23-16-34(17-24(23)12-29(22)39-18-21)28-6-5-9-38-30(28)40-31(34)43/h5-6,9-15,18H,3-4,7-8,16-17,19-20H2,1-2H3,(H,38,40,43)/t33?,34-/m1/s1. The first-order valence-electron chi connectivity index (χ1n) is 15.3. The van der Waals surface area contributed by atoms with Crippen molar-refractivity contribution < 1.29 is 18.4 Å². The number of halogens is 2. The third kappa shape index (κ3) is 3.81. The summed E-state index contributed by atoms with van der Waals surface area (Å²) in [6.07, 6.45) is 8.12. The van der Waals surface area contributed by atoms with Gasteiger partial charge in [-0.3, -0.25) is 19.5 Å². The topological polar surface area (TPSA) is 78.4 Å². The fourth-order valence-corrected chi connectivity index (χ4v) is 8.47. The van der Waals surface area contributed by atoms with Crippen LogP contribution in [0.15, 0.2) is 60.9 Å². The SMILES string of the molecule is CN1CC(C)(c2cc(F)cc(F)c2)N(Cc2cnc3cc4c(cc3c2)C[C@]2(C4)C(=O)Nc3ncccc32)C(=O)C12CCCC2. The highest BCUT2D eigenvalue weighted by Gasteiger charge is 2.56. The lowest BCUT2D eigenvalue weighted by Crippen LogP contribution is -2.70. The molecule has 2 aromatic carbocycles. The number of amides is 2. The predicted octanol–water partition coefficient (Wildman–Crippen LogP) is 5.40. The first kappa shape index (κ1) is 27.3. The third-order valence-electron chi connectivity index (χ3n) is 10.8. The molecule has 9 heteroatoms. The maximum absolute atomic E-state index is 14.5. The summed E-state index contributed by atoms with van der Waals surface area (Å²) in [5.41, 5.74) is 2.99. The molecule has 4 aliphatic rings. The molecule has 4 aromatic rings. The Labute approximate surface area is 254 Å². The fraction of sp³-hybridized carbons (Fsp3) is 0.371. The van der Waals surface area contributed by atoms with Crippen molar-refractivity contribution in [1.29, 1.82) is 0 Å². The van der Waals surface area contributed by atoms with Crippen molar-refractivity contribution in [2.24, 2.45) is 0 Å². The summed E-state index contributed by atoms with van der Waals surface area (Å²) in [7, 11) is 1.96. The summed E-state index contributed by atoms with van der Waals surface area (Å²) in [6.45, 7) is 2.61. The van der Waals surface area contributed by atoms with Gasteiger partial charge >= 0.3 is 0 Å². The van der Waals surface area contributed by atoms with E-state index >= 15 is 0 Å². The number of likely N-dealkylation sites (N-methyl/N-ethyl adjacent to an activating group) is 1. The van der Waals surface area contributed by atoms with Crippen molar-refractivity contribution in [3.63, 3.8) is 0 Å². The van der Waals surface area contributed by atoms with Gasteiger partial charge in [0.1, 0.15) is 23.0 Å². The second kappa shape index (κ2) is 9.38. The first-order valence-corrected chi connectivity index (χ1v) is 15.3. The molecular weight excluding hydrogens is 560 g/mol. The van der Waals surface area contributed by atoms with Crippen LogP contribution >= 0.6 is 0 Å². The number of hydrogen-bond acceptors (Lipinski definition) is 5. The Morgan fingerprint density at radius 2 is 1.68 bits per heavy atom. The molecular formula is C35H33F2N5O2. The zero-order valence-electron chi connectivity index (χ0n) is 24.8. The molecule has 2 aliphatic heterocycles. The van der Waals surface area contributed by atoms with Crippen molar-refractivity contribution in [3.05, 3.63) is 100 Å². The van der Waals surface area contributed by atoms with E-state index in [1.807, 2.05) is 31.0 Å². The summed E-state index contributed by atoms with van der Waals surface area (Å²) < 4.78 is 29.0. The van der Waals surface area contributed by atoms with Gasteiger partial charge in [0.2, 0.25) is 11.8 Å². The zero-order valence-corrected chi connectivity index (χ0v) is 24.8. The van der Waals surface area contributed by atoms with Crippen LogP contribution in [0.4, 0.5) is 14.6 Å². The molecule has 0 radical (unpaired) electrons. The van der Waals surface area contributed by atoms with Crippen LogP contribution in [0.25, 0.3) is 10.9 Å². The summed E-state index contributed by atoms with van der Waals surface area (Å²) in [6, 6.07) is 13.6. The lowest BCUT2D eigenvalue weighted by molar-refractivity contribution is -0.164. The maximum atomic E-state index is 14.5. The third-order valence-corrected chi connectivity index (χ3v) is 10.8. The second-order valence-electron chi connectivity index (χ2n) is 13.4. The van der Waals surface area contributed by atoms with E-state index in [1.54, 1.807) is 12.4 Å². The molecule has 2 aliphatic carbocycles. The van der Waals surface area contributed by atoms with Gasteiger partial charge in [0.15, 0.2) is 0 Å². The van der Waals surface area contributed by atoms with Crippen LogP contribution in [0.1, 0.15) is 60.4 Å². The van der Waals surface area contributed by atoms with Crippen LogP contribution in [-0.4, -0.2) is 50.7 Å². The van der Waals surface area contributed by atoms with Crippen LogP contribution in [0.3, 0.4) is 0 Å². The molecule has 2 aromatic heterocycles. The smallest absolute Gasteiger partial charge is 0.244 e. The number of hydrogen-bond donors (Lipinski definition) is 1. The average molecular weight is 594 g/mol. The number of carbonyl (C=O) groups is 2. The number of fused-ring (bicyclic) bond motifs is 4. The van der Waals surface area contributed by atoms with Crippen LogP contribution in [0.2, 0.25) is 0 Å². The molecule has 2 fully saturated rings. The normalized spacial score (nSPS) is 25.7. The Balaban J connectivity index is 1.17. The number of pyridine rings is 2. The zero-order chi connectivity index (χ0) is 30.4. The lowest BCUT2D eigenvalue weighted by atomic mass is 9.79. The largest absolute Gasteiger partial charge is 0.326 e. The van der Waals surface area contributed by atoms with Crippen LogP contribution in [0, 0.1) is 11.6 Å². The molecule has 1 saturated heterocycles. The molecule has 2 amide bonds. The van der Waals surface area contributed by atoms with E-state index in [1.165, 1.54) is 12.1 Å². The summed E-state index contributed by atoms with van der Waals surface area (Å²) in [5.74, 6) is -0.723. The molecule has 7 nitrogen and oxygen atoms in total. The Kier molecular flexibility index (Phi) is 5.82. The molecule has 1 N–H and O–H groups in total. The van der Waals surface area contributed by atoms with Gasteiger partial charge in [0.25, 0.3) is 0 Å². The Bertz CT molecular complexity index is 1870. The van der Waals surface area contributed by atoms with Crippen LogP contribution < -0.4 is 5.32 Å². The van der Waals surface area contributed by atoms with E-state index in [9.17, 15) is 18.4 Å². The highest BCUT2D eigenvalue weighted by Crippen LogP contribution is 2.48. The van der Waals surface area contributed by atoms with Crippen molar-refractivity contribution in [2.45, 2.75) is 68.5 Å². The van der Waals surface area contributed by atoms with Crippen molar-refractivity contribution >= 4 is 28.5 Å². The Morgan fingerprint density at radius 1 is 0.955 bits per heavy atom. The van der Waals surface area contributed by atoms with Gasteiger partial charge in [-0.1, -0.05) is 18.9 Å². The van der Waals surface area contributed by atoms with Gasteiger partial charge in [-0.15, -0.1) is 0 Å². The molecule has 2 atom stereocenters. The molecule has 1 unspecified atom stereocenters. The monoisotopic (exact) mass is 593 g/mol. The van der Waals surface area contributed by atoms with Crippen molar-refractivity contribution in [2.75, 3.05) is 18.9 Å². The minimum atomic E-state index is -0.959. The Morgan fingerprint density at radius 3 is 2.43 bits per heavy atom. The molecule has 224 valence electrons.